The van der Waals surface area contributed by atoms with Crippen molar-refractivity contribution in [2.45, 2.75) is 0 Å². The number of fused-ring (bicyclic) bond motifs is 5. The van der Waals surface area contributed by atoms with Crippen LogP contribution >= 0.6 is 0 Å². The summed E-state index contributed by atoms with van der Waals surface area (Å²) in [5, 5.41) is 4.11. The number of furan rings is 1. The van der Waals surface area contributed by atoms with Crippen molar-refractivity contribution < 1.29 is 19.5 Å². The molecule has 0 bridgehead atoms. The van der Waals surface area contributed by atoms with Crippen LogP contribution in [0.2, 0.25) is 0 Å². The second-order valence-electron chi connectivity index (χ2n) is 10.8. The van der Waals surface area contributed by atoms with E-state index in [0.717, 1.165) is 43.8 Å². The molecule has 0 fully saturated rings. The van der Waals surface area contributed by atoms with Crippen LogP contribution in [-0.2, 0) is 0 Å². The predicted octanol–water partition coefficient (Wildman–Crippen LogP) is 12.6. The van der Waals surface area contributed by atoms with Gasteiger partial charge < -0.3 is 4.42 Å². The monoisotopic (exact) mass is 583 g/mol. The van der Waals surface area contributed by atoms with E-state index in [1.807, 2.05) is 54.6 Å². The second kappa shape index (κ2) is 10.4. The van der Waals surface area contributed by atoms with E-state index in [2.05, 4.69) is 36.4 Å². The molecule has 8 aromatic carbocycles. The molecule has 0 aliphatic rings. The Morgan fingerprint density at radius 2 is 0.778 bits per heavy atom. The molecule has 0 aliphatic heterocycles. The first-order chi connectivity index (χ1) is 26.9. The lowest BCUT2D eigenvalue weighted by Crippen LogP contribution is -1.90. The SMILES string of the molecule is [2H]c1c([2H])c([2H])c(-c2c([2H])c([2H])c([2H])c3c2oc2c(-c4ccc(-c5c6ccccc6c(-c6ccccc6)c6ccccc56)cc4)c([2H])c([2H])c([2H])c23)c([2H])c1[2H]. The molecule has 1 heterocycles. The molecule has 0 saturated carbocycles. The fourth-order valence-corrected chi connectivity index (χ4v) is 6.36. The van der Waals surface area contributed by atoms with Crippen LogP contribution in [-0.4, -0.2) is 0 Å². The lowest BCUT2D eigenvalue weighted by Gasteiger charge is -2.18. The summed E-state index contributed by atoms with van der Waals surface area (Å²) >= 11 is 0. The maximum atomic E-state index is 9.05. The number of para-hydroxylation sites is 2. The average Bonchev–Trinajstić information content (AvgIpc) is 3.61. The fraction of sp³-hybridized carbons (Fsp3) is 0. The Hall–Kier alpha value is -5.92. The maximum absolute atomic E-state index is 9.05. The van der Waals surface area contributed by atoms with E-state index in [4.69, 9.17) is 19.5 Å². The highest BCUT2D eigenvalue weighted by Gasteiger charge is 2.18. The molecule has 9 aromatic rings. The lowest BCUT2D eigenvalue weighted by atomic mass is 9.85. The van der Waals surface area contributed by atoms with Gasteiger partial charge in [0.15, 0.2) is 0 Å². The molecular formula is C44H28O. The van der Waals surface area contributed by atoms with E-state index >= 15 is 0 Å². The number of benzene rings is 8. The topological polar surface area (TPSA) is 13.1 Å². The van der Waals surface area contributed by atoms with Gasteiger partial charge in [0, 0.05) is 21.9 Å². The molecule has 0 aliphatic carbocycles. The van der Waals surface area contributed by atoms with Crippen LogP contribution in [0.4, 0.5) is 0 Å². The molecule has 45 heavy (non-hydrogen) atoms. The van der Waals surface area contributed by atoms with Crippen molar-refractivity contribution in [3.63, 3.8) is 0 Å². The van der Waals surface area contributed by atoms with Crippen LogP contribution in [0.1, 0.15) is 15.1 Å². The van der Waals surface area contributed by atoms with Crippen molar-refractivity contribution in [3.05, 3.63) is 170 Å². The van der Waals surface area contributed by atoms with Crippen molar-refractivity contribution in [1.82, 2.24) is 0 Å². The van der Waals surface area contributed by atoms with Gasteiger partial charge in [-0.05, 0) is 54.9 Å². The number of hydrogen-bond acceptors (Lipinski definition) is 1. The summed E-state index contributed by atoms with van der Waals surface area (Å²) < 4.78 is 101. The van der Waals surface area contributed by atoms with Gasteiger partial charge in [-0.25, -0.2) is 0 Å². The van der Waals surface area contributed by atoms with E-state index in [-0.39, 0.29) is 44.7 Å². The predicted molar refractivity (Wildman–Crippen MR) is 190 cm³/mol. The van der Waals surface area contributed by atoms with Crippen molar-refractivity contribution in [2.24, 2.45) is 0 Å². The van der Waals surface area contributed by atoms with Crippen molar-refractivity contribution in [3.8, 4) is 44.5 Å². The van der Waals surface area contributed by atoms with Crippen LogP contribution in [0.15, 0.2) is 174 Å². The van der Waals surface area contributed by atoms with Gasteiger partial charge >= 0.3 is 0 Å². The molecule has 210 valence electrons. The highest BCUT2D eigenvalue weighted by Crippen LogP contribution is 2.44. The summed E-state index contributed by atoms with van der Waals surface area (Å²) in [6.07, 6.45) is 0. The molecule has 0 amide bonds. The van der Waals surface area contributed by atoms with Crippen molar-refractivity contribution >= 4 is 43.5 Å². The summed E-state index contributed by atoms with van der Waals surface area (Å²) in [6.45, 7) is 0. The quantitative estimate of drug-likeness (QED) is 0.188. The van der Waals surface area contributed by atoms with Gasteiger partial charge in [-0.3, -0.25) is 0 Å². The fourth-order valence-electron chi connectivity index (χ4n) is 6.36. The van der Waals surface area contributed by atoms with Gasteiger partial charge in [0.05, 0.1) is 15.1 Å². The van der Waals surface area contributed by atoms with E-state index in [1.54, 1.807) is 12.1 Å². The van der Waals surface area contributed by atoms with E-state index in [1.165, 1.54) is 0 Å². The number of rotatable bonds is 4. The zero-order chi connectivity index (χ0) is 39.3. The van der Waals surface area contributed by atoms with Crippen LogP contribution in [0.25, 0.3) is 88.0 Å². The first-order valence-corrected chi connectivity index (χ1v) is 14.5. The number of hydrogen-bond donors (Lipinski definition) is 0. The van der Waals surface area contributed by atoms with Crippen molar-refractivity contribution in [2.75, 3.05) is 0 Å². The first-order valence-electron chi connectivity index (χ1n) is 20.0. The molecule has 1 nitrogen and oxygen atoms in total. The minimum atomic E-state index is -0.648. The molecule has 0 saturated heterocycles. The largest absolute Gasteiger partial charge is 0.455 e. The zero-order valence-electron chi connectivity index (χ0n) is 34.7. The third kappa shape index (κ3) is 4.09. The Kier molecular flexibility index (Phi) is 3.87. The summed E-state index contributed by atoms with van der Waals surface area (Å²) in [7, 11) is 0. The Morgan fingerprint density at radius 3 is 1.31 bits per heavy atom. The van der Waals surface area contributed by atoms with Crippen LogP contribution in [0.5, 0.6) is 0 Å². The molecule has 0 atom stereocenters. The standard InChI is InChI=1S/C44H28O/c1-3-13-29(14-4-1)33-21-11-23-39-40-24-12-22-34(44(40)45-43(33)39)30-25-27-32(28-26-30)42-37-19-9-7-17-35(37)41(31-15-5-2-6-16-31)36-18-8-10-20-38(36)42/h1-28H/i1D,3D,4D,11D,12D,13D,14D,21D,22D,23D,24D. The summed E-state index contributed by atoms with van der Waals surface area (Å²) in [4.78, 5) is 0. The molecular weight excluding hydrogens is 544 g/mol. The third-order valence-electron chi connectivity index (χ3n) is 8.32. The Bertz CT molecular complexity index is 3050. The Labute approximate surface area is 277 Å². The van der Waals surface area contributed by atoms with Crippen LogP contribution < -0.4 is 0 Å². The molecule has 1 heteroatoms. The van der Waals surface area contributed by atoms with E-state index < -0.39 is 60.4 Å². The molecule has 0 unspecified atom stereocenters. The minimum Gasteiger partial charge on any atom is -0.455 e. The average molecular weight is 584 g/mol. The van der Waals surface area contributed by atoms with Crippen LogP contribution in [0, 0.1) is 0 Å². The first kappa shape index (κ1) is 16.8. The molecule has 1 aromatic heterocycles. The molecule has 0 N–H and O–H groups in total. The minimum absolute atomic E-state index is 0.0410. The van der Waals surface area contributed by atoms with E-state index in [0.29, 0.717) is 5.56 Å². The van der Waals surface area contributed by atoms with Gasteiger partial charge in [0.25, 0.3) is 0 Å². The Balaban J connectivity index is 1.31. The van der Waals surface area contributed by atoms with Crippen molar-refractivity contribution in [1.29, 1.82) is 0 Å². The van der Waals surface area contributed by atoms with Gasteiger partial charge in [-0.2, -0.15) is 0 Å². The van der Waals surface area contributed by atoms with Gasteiger partial charge in [-0.1, -0.05) is 170 Å². The Morgan fingerprint density at radius 1 is 0.333 bits per heavy atom. The summed E-state index contributed by atoms with van der Waals surface area (Å²) in [6, 6.07) is 28.2. The molecule has 0 radical (unpaired) electrons. The van der Waals surface area contributed by atoms with Gasteiger partial charge in [-0.15, -0.1) is 0 Å². The van der Waals surface area contributed by atoms with E-state index in [9.17, 15) is 0 Å². The summed E-state index contributed by atoms with van der Waals surface area (Å²) in [5.74, 6) is 0. The lowest BCUT2D eigenvalue weighted by molar-refractivity contribution is 0.671. The third-order valence-corrected chi connectivity index (χ3v) is 8.32. The van der Waals surface area contributed by atoms with Gasteiger partial charge in [0.1, 0.15) is 11.2 Å². The smallest absolute Gasteiger partial charge is 0.143 e. The summed E-state index contributed by atoms with van der Waals surface area (Å²) in [5.41, 5.74) is 3.78. The molecule has 9 rings (SSSR count). The van der Waals surface area contributed by atoms with Gasteiger partial charge in [0.2, 0.25) is 0 Å². The van der Waals surface area contributed by atoms with Crippen LogP contribution in [0.3, 0.4) is 0 Å². The molecule has 0 spiro atoms. The normalized spacial score (nSPS) is 15.0. The zero-order valence-corrected chi connectivity index (χ0v) is 23.7. The second-order valence-corrected chi connectivity index (χ2v) is 10.8. The highest BCUT2D eigenvalue weighted by atomic mass is 16.3. The maximum Gasteiger partial charge on any atom is 0.143 e. The highest BCUT2D eigenvalue weighted by molar-refractivity contribution is 6.21.